The average Bonchev–Trinajstić information content (AvgIpc) is 3.07. The summed E-state index contributed by atoms with van der Waals surface area (Å²) in [5.41, 5.74) is 3.33. The number of esters is 1. The number of methoxy groups -OCH3 is 1. The second-order valence-electron chi connectivity index (χ2n) is 6.34. The lowest BCUT2D eigenvalue weighted by Crippen LogP contribution is -2.43. The first-order valence-electron chi connectivity index (χ1n) is 8.06. The van der Waals surface area contributed by atoms with Gasteiger partial charge in [0.15, 0.2) is 0 Å². The van der Waals surface area contributed by atoms with Gasteiger partial charge in [-0.25, -0.2) is 4.79 Å². The zero-order valence-corrected chi connectivity index (χ0v) is 14.5. The van der Waals surface area contributed by atoms with Crippen molar-refractivity contribution in [2.45, 2.75) is 39.8 Å². The SMILES string of the molecule is COC(=O)[C@@H]1Cc2c(n(CC=C(C)C)c3ccccc23)N1C(C)=O. The molecule has 0 spiro atoms. The van der Waals surface area contributed by atoms with Crippen LogP contribution in [0.1, 0.15) is 26.3 Å². The Hall–Kier alpha value is -2.56. The molecule has 5 nitrogen and oxygen atoms in total. The lowest BCUT2D eigenvalue weighted by Gasteiger charge is -2.24. The highest BCUT2D eigenvalue weighted by atomic mass is 16.5. The van der Waals surface area contributed by atoms with Gasteiger partial charge in [0.05, 0.1) is 12.6 Å². The summed E-state index contributed by atoms with van der Waals surface area (Å²) in [6, 6.07) is 7.49. The zero-order valence-electron chi connectivity index (χ0n) is 14.5. The summed E-state index contributed by atoms with van der Waals surface area (Å²) in [6.45, 7) is 6.25. The van der Waals surface area contributed by atoms with E-state index in [2.05, 4.69) is 16.7 Å². The molecule has 1 aliphatic rings. The van der Waals surface area contributed by atoms with Gasteiger partial charge < -0.3 is 9.30 Å². The number of anilines is 1. The predicted octanol–water partition coefficient (Wildman–Crippen LogP) is 3.06. The minimum Gasteiger partial charge on any atom is -0.467 e. The average molecular weight is 326 g/mol. The summed E-state index contributed by atoms with van der Waals surface area (Å²) < 4.78 is 7.02. The van der Waals surface area contributed by atoms with Crippen molar-refractivity contribution in [1.29, 1.82) is 0 Å². The van der Waals surface area contributed by atoms with Crippen molar-refractivity contribution < 1.29 is 14.3 Å². The van der Waals surface area contributed by atoms with E-state index in [1.165, 1.54) is 19.6 Å². The Balaban J connectivity index is 2.23. The fourth-order valence-electron chi connectivity index (χ4n) is 3.42. The molecule has 0 saturated heterocycles. The van der Waals surface area contributed by atoms with Gasteiger partial charge in [-0.3, -0.25) is 9.69 Å². The summed E-state index contributed by atoms with van der Waals surface area (Å²) >= 11 is 0. The number of carbonyl (C=O) groups excluding carboxylic acids is 2. The molecule has 0 aliphatic carbocycles. The van der Waals surface area contributed by atoms with E-state index >= 15 is 0 Å². The molecule has 2 heterocycles. The number of ether oxygens (including phenoxy) is 1. The number of para-hydroxylation sites is 1. The second kappa shape index (κ2) is 6.15. The maximum atomic E-state index is 12.3. The van der Waals surface area contributed by atoms with Gasteiger partial charge in [0.2, 0.25) is 5.91 Å². The van der Waals surface area contributed by atoms with E-state index in [1.807, 2.05) is 32.0 Å². The number of amides is 1. The number of hydrogen-bond acceptors (Lipinski definition) is 3. The lowest BCUT2D eigenvalue weighted by molar-refractivity contribution is -0.143. The highest BCUT2D eigenvalue weighted by Crippen LogP contribution is 2.40. The molecule has 1 aliphatic heterocycles. The molecule has 3 rings (SSSR count). The zero-order chi connectivity index (χ0) is 17.4. The maximum absolute atomic E-state index is 12.3. The van der Waals surface area contributed by atoms with Crippen LogP contribution in [0.4, 0.5) is 5.82 Å². The minimum atomic E-state index is -0.583. The monoisotopic (exact) mass is 326 g/mol. The van der Waals surface area contributed by atoms with Crippen LogP contribution in [-0.4, -0.2) is 29.6 Å². The number of aromatic nitrogens is 1. The molecule has 1 aromatic heterocycles. The number of hydrogen-bond donors (Lipinski definition) is 0. The van der Waals surface area contributed by atoms with Crippen molar-refractivity contribution in [3.8, 4) is 0 Å². The van der Waals surface area contributed by atoms with E-state index in [9.17, 15) is 9.59 Å². The van der Waals surface area contributed by atoms with Crippen molar-refractivity contribution in [2.75, 3.05) is 12.0 Å². The first-order chi connectivity index (χ1) is 11.5. The first-order valence-corrected chi connectivity index (χ1v) is 8.06. The van der Waals surface area contributed by atoms with Gasteiger partial charge in [0.25, 0.3) is 0 Å². The van der Waals surface area contributed by atoms with Crippen molar-refractivity contribution in [3.05, 3.63) is 41.5 Å². The lowest BCUT2D eigenvalue weighted by atomic mass is 10.1. The van der Waals surface area contributed by atoms with Crippen molar-refractivity contribution in [2.24, 2.45) is 0 Å². The standard InChI is InChI=1S/C19H22N2O3/c1-12(2)9-10-20-16-8-6-5-7-14(16)15-11-17(19(23)24-4)21(13(3)22)18(15)20/h5-9,17H,10-11H2,1-4H3/t17-/m0/s1. The highest BCUT2D eigenvalue weighted by Gasteiger charge is 2.41. The van der Waals surface area contributed by atoms with Gasteiger partial charge in [0.1, 0.15) is 11.9 Å². The minimum absolute atomic E-state index is 0.148. The van der Waals surface area contributed by atoms with E-state index in [4.69, 9.17) is 4.74 Å². The number of fused-ring (bicyclic) bond motifs is 3. The molecule has 0 N–H and O–H groups in total. The van der Waals surface area contributed by atoms with E-state index in [0.29, 0.717) is 13.0 Å². The van der Waals surface area contributed by atoms with Crippen LogP contribution in [0, 0.1) is 0 Å². The van der Waals surface area contributed by atoms with E-state index in [-0.39, 0.29) is 11.9 Å². The van der Waals surface area contributed by atoms with Gasteiger partial charge in [-0.2, -0.15) is 0 Å². The molecule has 1 atom stereocenters. The van der Waals surface area contributed by atoms with Crippen LogP contribution >= 0.6 is 0 Å². The third-order valence-electron chi connectivity index (χ3n) is 4.48. The number of carbonyl (C=O) groups is 2. The third kappa shape index (κ3) is 2.50. The highest BCUT2D eigenvalue weighted by molar-refractivity contribution is 6.05. The quantitative estimate of drug-likeness (QED) is 0.643. The molecular weight excluding hydrogens is 304 g/mol. The molecule has 1 aromatic carbocycles. The van der Waals surface area contributed by atoms with Gasteiger partial charge in [-0.05, 0) is 19.9 Å². The van der Waals surface area contributed by atoms with Crippen LogP contribution in [-0.2, 0) is 27.3 Å². The summed E-state index contributed by atoms with van der Waals surface area (Å²) in [5, 5.41) is 1.09. The fourth-order valence-corrected chi connectivity index (χ4v) is 3.42. The third-order valence-corrected chi connectivity index (χ3v) is 4.48. The number of nitrogens with zero attached hydrogens (tertiary/aromatic N) is 2. The van der Waals surface area contributed by atoms with Gasteiger partial charge in [-0.15, -0.1) is 0 Å². The fraction of sp³-hybridized carbons (Fsp3) is 0.368. The number of benzene rings is 1. The molecule has 0 fully saturated rings. The summed E-state index contributed by atoms with van der Waals surface area (Å²) in [4.78, 5) is 26.1. The Bertz CT molecular complexity index is 844. The Kier molecular flexibility index (Phi) is 4.18. The molecule has 126 valence electrons. The van der Waals surface area contributed by atoms with Crippen LogP contribution in [0.25, 0.3) is 10.9 Å². The van der Waals surface area contributed by atoms with Crippen LogP contribution in [0.2, 0.25) is 0 Å². The molecule has 0 bridgehead atoms. The van der Waals surface area contributed by atoms with Crippen molar-refractivity contribution >= 4 is 28.6 Å². The molecule has 1 amide bonds. The van der Waals surface area contributed by atoms with E-state index < -0.39 is 6.04 Å². The van der Waals surface area contributed by atoms with E-state index in [0.717, 1.165) is 22.3 Å². The molecular formula is C19H22N2O3. The van der Waals surface area contributed by atoms with Crippen molar-refractivity contribution in [3.63, 3.8) is 0 Å². The largest absolute Gasteiger partial charge is 0.467 e. The Morgan fingerprint density at radius 3 is 2.58 bits per heavy atom. The predicted molar refractivity (Wildman–Crippen MR) is 94.0 cm³/mol. The molecule has 0 radical (unpaired) electrons. The summed E-state index contributed by atoms with van der Waals surface area (Å²) in [7, 11) is 1.36. The van der Waals surface area contributed by atoms with Crippen LogP contribution < -0.4 is 4.90 Å². The topological polar surface area (TPSA) is 51.5 Å². The smallest absolute Gasteiger partial charge is 0.329 e. The number of allylic oxidation sites excluding steroid dienone is 2. The van der Waals surface area contributed by atoms with Crippen LogP contribution in [0.15, 0.2) is 35.9 Å². The Labute approximate surface area is 141 Å². The molecule has 0 saturated carbocycles. The van der Waals surface area contributed by atoms with Crippen molar-refractivity contribution in [1.82, 2.24) is 4.57 Å². The van der Waals surface area contributed by atoms with E-state index in [1.54, 1.807) is 4.90 Å². The second-order valence-corrected chi connectivity index (χ2v) is 6.34. The number of rotatable bonds is 3. The van der Waals surface area contributed by atoms with Gasteiger partial charge in [-0.1, -0.05) is 29.8 Å². The summed E-state index contributed by atoms with van der Waals surface area (Å²) in [6.07, 6.45) is 2.61. The maximum Gasteiger partial charge on any atom is 0.329 e. The first kappa shape index (κ1) is 16.3. The normalized spacial score (nSPS) is 16.2. The molecule has 5 heteroatoms. The van der Waals surface area contributed by atoms with Gasteiger partial charge >= 0.3 is 5.97 Å². The molecule has 24 heavy (non-hydrogen) atoms. The molecule has 2 aromatic rings. The summed E-state index contributed by atoms with van der Waals surface area (Å²) in [5.74, 6) is 0.293. The Morgan fingerprint density at radius 2 is 1.96 bits per heavy atom. The van der Waals surface area contributed by atoms with Gasteiger partial charge in [0, 0.05) is 30.8 Å². The van der Waals surface area contributed by atoms with Crippen LogP contribution in [0.5, 0.6) is 0 Å². The Morgan fingerprint density at radius 1 is 1.25 bits per heavy atom. The molecule has 0 unspecified atom stereocenters. The van der Waals surface area contributed by atoms with Crippen LogP contribution in [0.3, 0.4) is 0 Å².